The number of fused-ring (bicyclic) bond motifs is 1. The van der Waals surface area contributed by atoms with Gasteiger partial charge in [0, 0.05) is 24.7 Å². The van der Waals surface area contributed by atoms with Gasteiger partial charge in [0.1, 0.15) is 12.4 Å². The Morgan fingerprint density at radius 2 is 1.77 bits per heavy atom. The molecule has 8 nitrogen and oxygen atoms in total. The van der Waals surface area contributed by atoms with Crippen LogP contribution in [0.4, 0.5) is 13.2 Å². The number of nitrogens with one attached hydrogen (secondary N) is 2. The van der Waals surface area contributed by atoms with Gasteiger partial charge in [0.05, 0.1) is 11.0 Å². The monoisotopic (exact) mass is 495 g/mol. The fourth-order valence-corrected chi connectivity index (χ4v) is 3.75. The van der Waals surface area contributed by atoms with E-state index in [9.17, 15) is 22.8 Å². The average molecular weight is 495 g/mol. The molecule has 0 fully saturated rings. The molecule has 0 saturated heterocycles. The molecule has 11 heteroatoms. The molecule has 2 aromatic carbocycles. The van der Waals surface area contributed by atoms with Crippen molar-refractivity contribution in [2.24, 2.45) is 5.73 Å². The molecule has 5 N–H and O–H groups in total. The number of halogens is 3. The lowest BCUT2D eigenvalue weighted by molar-refractivity contribution is -0.192. The van der Waals surface area contributed by atoms with Crippen molar-refractivity contribution in [3.63, 3.8) is 0 Å². The molecular weight excluding hydrogens is 467 g/mol. The maximum absolute atomic E-state index is 12.7. The van der Waals surface area contributed by atoms with Crippen molar-refractivity contribution in [3.8, 4) is 5.75 Å². The second-order valence-corrected chi connectivity index (χ2v) is 7.77. The number of ether oxygens (including phenoxy) is 1. The van der Waals surface area contributed by atoms with Crippen LogP contribution in [0.3, 0.4) is 0 Å². The highest BCUT2D eigenvalue weighted by Gasteiger charge is 2.43. The van der Waals surface area contributed by atoms with Crippen LogP contribution in [0, 0.1) is 0 Å². The Morgan fingerprint density at radius 1 is 1.14 bits per heavy atom. The summed E-state index contributed by atoms with van der Waals surface area (Å²) in [5.41, 5.74) is 7.94. The number of carbonyl (C=O) groups is 3. The van der Waals surface area contributed by atoms with Crippen LogP contribution in [0.1, 0.15) is 51.6 Å². The van der Waals surface area contributed by atoms with E-state index in [1.165, 1.54) is 0 Å². The lowest BCUT2D eigenvalue weighted by Crippen LogP contribution is -2.30. The molecule has 0 spiro atoms. The Bertz CT molecular complexity index is 1060. The van der Waals surface area contributed by atoms with Crippen LogP contribution < -0.4 is 21.1 Å². The number of benzene rings is 2. The van der Waals surface area contributed by atoms with E-state index in [0.717, 1.165) is 17.5 Å². The lowest BCUT2D eigenvalue weighted by atomic mass is 9.73. The Morgan fingerprint density at radius 3 is 2.29 bits per heavy atom. The number of hydrogen-bond donors (Lipinski definition) is 4. The standard InChI is InChI=1S/C22H27N3O3.C2HF3O2/c1-3-22(16-8-5-4-6-9-16)14-28-19-17(21(27)24-2)12-15(13-18(19)22)20(26)25-11-7-10-23;3-2(4,5)1(6)7/h4-6,8-9,12-13H,3,7,10-11,14,23H2,1-2H3,(H,24,27)(H,25,26);(H,6,7)/t22-;/m1./s1. The summed E-state index contributed by atoms with van der Waals surface area (Å²) in [4.78, 5) is 34.1. The predicted molar refractivity (Wildman–Crippen MR) is 123 cm³/mol. The molecule has 1 aliphatic heterocycles. The number of aliphatic carboxylic acids is 1. The Hall–Kier alpha value is -3.60. The van der Waals surface area contributed by atoms with E-state index < -0.39 is 17.6 Å². The highest BCUT2D eigenvalue weighted by molar-refractivity contribution is 6.02. The zero-order valence-corrected chi connectivity index (χ0v) is 19.4. The highest BCUT2D eigenvalue weighted by atomic mass is 19.4. The molecule has 190 valence electrons. The third-order valence-corrected chi connectivity index (χ3v) is 5.64. The fourth-order valence-electron chi connectivity index (χ4n) is 3.75. The Kier molecular flexibility index (Phi) is 9.24. The first-order valence-electron chi connectivity index (χ1n) is 10.9. The smallest absolute Gasteiger partial charge is 0.490 e. The van der Waals surface area contributed by atoms with Gasteiger partial charge in [-0.25, -0.2) is 4.79 Å². The number of carboxylic acid groups (broad SMARTS) is 1. The number of carboxylic acids is 1. The van der Waals surface area contributed by atoms with Gasteiger partial charge in [-0.15, -0.1) is 0 Å². The molecule has 1 aliphatic rings. The van der Waals surface area contributed by atoms with E-state index in [2.05, 4.69) is 29.7 Å². The number of hydrogen-bond acceptors (Lipinski definition) is 5. The highest BCUT2D eigenvalue weighted by Crippen LogP contribution is 2.47. The topological polar surface area (TPSA) is 131 Å². The molecule has 35 heavy (non-hydrogen) atoms. The van der Waals surface area contributed by atoms with Crippen LogP contribution in [-0.4, -0.2) is 55.8 Å². The van der Waals surface area contributed by atoms with Gasteiger partial charge < -0.3 is 26.2 Å². The molecule has 2 aromatic rings. The quantitative estimate of drug-likeness (QED) is 0.437. The van der Waals surface area contributed by atoms with Crippen molar-refractivity contribution in [3.05, 3.63) is 64.7 Å². The van der Waals surface area contributed by atoms with Crippen molar-refractivity contribution in [1.82, 2.24) is 10.6 Å². The molecule has 0 aromatic heterocycles. The molecule has 0 aliphatic carbocycles. The SMILES string of the molecule is CC[C@]1(c2ccccc2)COc2c(C(=O)NC)cc(C(=O)NCCCN)cc21.O=C(O)C(F)(F)F. The summed E-state index contributed by atoms with van der Waals surface area (Å²) in [5, 5.41) is 12.6. The molecule has 2 amide bonds. The molecule has 0 unspecified atom stereocenters. The Balaban J connectivity index is 0.000000540. The lowest BCUT2D eigenvalue weighted by Gasteiger charge is -2.27. The molecule has 0 saturated carbocycles. The van der Waals surface area contributed by atoms with Crippen LogP contribution in [0.5, 0.6) is 5.75 Å². The zero-order valence-electron chi connectivity index (χ0n) is 19.4. The Labute approximate surface area is 200 Å². The predicted octanol–water partition coefficient (Wildman–Crippen LogP) is 2.85. The second kappa shape index (κ2) is 11.7. The van der Waals surface area contributed by atoms with E-state index in [1.807, 2.05) is 24.3 Å². The van der Waals surface area contributed by atoms with Crippen LogP contribution in [0.25, 0.3) is 0 Å². The van der Waals surface area contributed by atoms with E-state index in [1.54, 1.807) is 13.1 Å². The number of carbonyl (C=O) groups excluding carboxylic acids is 2. The molecule has 0 radical (unpaired) electrons. The van der Waals surface area contributed by atoms with Crippen LogP contribution in [0.2, 0.25) is 0 Å². The third kappa shape index (κ3) is 6.30. The fraction of sp³-hybridized carbons (Fsp3) is 0.375. The van der Waals surface area contributed by atoms with Gasteiger partial charge in [-0.05, 0) is 37.1 Å². The number of rotatable bonds is 7. The summed E-state index contributed by atoms with van der Waals surface area (Å²) >= 11 is 0. The second-order valence-electron chi connectivity index (χ2n) is 7.77. The largest absolute Gasteiger partial charge is 0.491 e. The van der Waals surface area contributed by atoms with E-state index >= 15 is 0 Å². The minimum atomic E-state index is -5.08. The van der Waals surface area contributed by atoms with Crippen molar-refractivity contribution in [2.45, 2.75) is 31.4 Å². The first kappa shape index (κ1) is 27.6. The van der Waals surface area contributed by atoms with Crippen molar-refractivity contribution in [1.29, 1.82) is 0 Å². The van der Waals surface area contributed by atoms with Gasteiger partial charge in [-0.3, -0.25) is 9.59 Å². The number of nitrogens with two attached hydrogens (primary N) is 1. The summed E-state index contributed by atoms with van der Waals surface area (Å²) in [6.07, 6.45) is -3.60. The molecule has 1 heterocycles. The number of alkyl halides is 3. The molecular formula is C24H28F3N3O5. The van der Waals surface area contributed by atoms with Crippen molar-refractivity contribution in [2.75, 3.05) is 26.7 Å². The van der Waals surface area contributed by atoms with Gasteiger partial charge in [-0.2, -0.15) is 13.2 Å². The number of amides is 2. The first-order chi connectivity index (χ1) is 16.5. The van der Waals surface area contributed by atoms with Gasteiger partial charge in [0.15, 0.2) is 0 Å². The minimum absolute atomic E-state index is 0.216. The summed E-state index contributed by atoms with van der Waals surface area (Å²) < 4.78 is 37.8. The van der Waals surface area contributed by atoms with Crippen molar-refractivity contribution >= 4 is 17.8 Å². The van der Waals surface area contributed by atoms with E-state index in [4.69, 9.17) is 20.4 Å². The van der Waals surface area contributed by atoms with Crippen molar-refractivity contribution < 1.29 is 37.4 Å². The molecule has 3 rings (SSSR count). The molecule has 0 bridgehead atoms. The van der Waals surface area contributed by atoms with E-state index in [-0.39, 0.29) is 11.8 Å². The average Bonchev–Trinajstić information content (AvgIpc) is 3.23. The third-order valence-electron chi connectivity index (χ3n) is 5.64. The van der Waals surface area contributed by atoms with Crippen LogP contribution >= 0.6 is 0 Å². The van der Waals surface area contributed by atoms with Gasteiger partial charge >= 0.3 is 12.1 Å². The normalized spacial score (nSPS) is 16.3. The summed E-state index contributed by atoms with van der Waals surface area (Å²) in [7, 11) is 1.57. The molecule has 1 atom stereocenters. The summed E-state index contributed by atoms with van der Waals surface area (Å²) in [6, 6.07) is 13.6. The van der Waals surface area contributed by atoms with Gasteiger partial charge in [0.25, 0.3) is 11.8 Å². The summed E-state index contributed by atoms with van der Waals surface area (Å²) in [6.45, 7) is 3.54. The maximum atomic E-state index is 12.7. The van der Waals surface area contributed by atoms with Crippen LogP contribution in [0.15, 0.2) is 42.5 Å². The van der Waals surface area contributed by atoms with Crippen LogP contribution in [-0.2, 0) is 10.2 Å². The zero-order chi connectivity index (χ0) is 26.2. The van der Waals surface area contributed by atoms with Gasteiger partial charge in [0.2, 0.25) is 0 Å². The minimum Gasteiger partial charge on any atom is -0.491 e. The first-order valence-corrected chi connectivity index (χ1v) is 10.9. The maximum Gasteiger partial charge on any atom is 0.490 e. The van der Waals surface area contributed by atoms with E-state index in [0.29, 0.717) is 43.0 Å². The van der Waals surface area contributed by atoms with Gasteiger partial charge in [-0.1, -0.05) is 37.3 Å². The summed E-state index contributed by atoms with van der Waals surface area (Å²) in [5.74, 6) is -2.68.